The number of fused-ring (bicyclic) bond motifs is 1. The molecule has 2 aromatic carbocycles. The molecule has 0 saturated carbocycles. The summed E-state index contributed by atoms with van der Waals surface area (Å²) >= 11 is 0. The maximum absolute atomic E-state index is 13.1. The molecule has 2 aromatic rings. The fourth-order valence-electron chi connectivity index (χ4n) is 3.34. The Morgan fingerprint density at radius 3 is 2.48 bits per heavy atom. The number of hydrogen-bond donors (Lipinski definition) is 1. The van der Waals surface area contributed by atoms with Gasteiger partial charge in [0.05, 0.1) is 16.2 Å². The number of rotatable bonds is 6. The van der Waals surface area contributed by atoms with Gasteiger partial charge in [-0.15, -0.1) is 0 Å². The van der Waals surface area contributed by atoms with Crippen LogP contribution in [0.1, 0.15) is 35.1 Å². The molecular weight excluding hydrogens is 410 g/mol. The van der Waals surface area contributed by atoms with Crippen LogP contribution in [0.3, 0.4) is 0 Å². The lowest BCUT2D eigenvalue weighted by atomic mass is 10.1. The van der Waals surface area contributed by atoms with Crippen molar-refractivity contribution in [2.24, 2.45) is 0 Å². The van der Waals surface area contributed by atoms with Gasteiger partial charge in [0.15, 0.2) is 9.84 Å². The number of benzene rings is 2. The van der Waals surface area contributed by atoms with Crippen LogP contribution in [0.25, 0.3) is 0 Å². The number of carbonyl (C=O) groups excluding carboxylic acids is 1. The Balaban J connectivity index is 1.61. The van der Waals surface area contributed by atoms with Gasteiger partial charge in [-0.1, -0.05) is 12.1 Å². The summed E-state index contributed by atoms with van der Waals surface area (Å²) in [4.78, 5) is 12.1. The predicted molar refractivity (Wildman–Crippen MR) is 98.4 cm³/mol. The highest BCUT2D eigenvalue weighted by Crippen LogP contribution is 2.32. The zero-order valence-corrected chi connectivity index (χ0v) is 16.2. The van der Waals surface area contributed by atoms with Crippen LogP contribution in [-0.2, 0) is 40.2 Å². The zero-order valence-electron chi connectivity index (χ0n) is 15.4. The third-order valence-corrected chi connectivity index (χ3v) is 6.59. The van der Waals surface area contributed by atoms with Crippen LogP contribution in [0.15, 0.2) is 41.3 Å². The van der Waals surface area contributed by atoms with Gasteiger partial charge in [0, 0.05) is 13.0 Å². The van der Waals surface area contributed by atoms with Crippen molar-refractivity contribution >= 4 is 15.7 Å². The van der Waals surface area contributed by atoms with Crippen molar-refractivity contribution in [3.63, 3.8) is 0 Å². The number of amides is 1. The highest BCUT2D eigenvalue weighted by molar-refractivity contribution is 7.91. The Labute approximate surface area is 165 Å². The van der Waals surface area contributed by atoms with E-state index in [1.165, 1.54) is 6.07 Å². The maximum Gasteiger partial charge on any atom is 0.416 e. The smallest absolute Gasteiger partial charge is 0.352 e. The molecule has 0 saturated heterocycles. The predicted octanol–water partition coefficient (Wildman–Crippen LogP) is 3.81. The van der Waals surface area contributed by atoms with Gasteiger partial charge < -0.3 is 5.32 Å². The first-order valence-corrected chi connectivity index (χ1v) is 10.7. The van der Waals surface area contributed by atoms with Gasteiger partial charge in [0.1, 0.15) is 5.82 Å². The molecule has 9 heteroatoms. The molecule has 1 amide bonds. The molecule has 0 atom stereocenters. The molecule has 0 heterocycles. The van der Waals surface area contributed by atoms with E-state index in [1.807, 2.05) is 0 Å². The summed E-state index contributed by atoms with van der Waals surface area (Å²) in [6.45, 7) is -0.479. The Hall–Kier alpha value is -2.42. The van der Waals surface area contributed by atoms with Crippen LogP contribution in [0.4, 0.5) is 17.6 Å². The minimum Gasteiger partial charge on any atom is -0.352 e. The summed E-state index contributed by atoms with van der Waals surface area (Å²) in [6.07, 6.45) is -2.44. The molecule has 0 bridgehead atoms. The van der Waals surface area contributed by atoms with E-state index in [0.717, 1.165) is 42.5 Å². The van der Waals surface area contributed by atoms with Crippen LogP contribution in [0, 0.1) is 5.82 Å². The molecule has 1 aliphatic rings. The SMILES string of the molecule is O=C(CCS(=O)(=O)c1ccc2c(c1)CCC2)NCc1ccc(F)cc1C(F)(F)F. The van der Waals surface area contributed by atoms with Gasteiger partial charge in [-0.05, 0) is 60.2 Å². The molecule has 1 aliphatic carbocycles. The molecular formula is C20H19F4NO3S. The van der Waals surface area contributed by atoms with Crippen molar-refractivity contribution in [2.75, 3.05) is 5.75 Å². The average molecular weight is 429 g/mol. The highest BCUT2D eigenvalue weighted by Gasteiger charge is 2.33. The summed E-state index contributed by atoms with van der Waals surface area (Å²) in [5.74, 6) is -2.19. The van der Waals surface area contributed by atoms with E-state index in [4.69, 9.17) is 0 Å². The van der Waals surface area contributed by atoms with Gasteiger partial charge >= 0.3 is 6.18 Å². The fraction of sp³-hybridized carbons (Fsp3) is 0.350. The van der Waals surface area contributed by atoms with Crippen LogP contribution < -0.4 is 5.32 Å². The van der Waals surface area contributed by atoms with Gasteiger partial charge in [-0.25, -0.2) is 12.8 Å². The van der Waals surface area contributed by atoms with Crippen molar-refractivity contribution in [2.45, 2.75) is 43.3 Å². The van der Waals surface area contributed by atoms with E-state index in [2.05, 4.69) is 5.32 Å². The van der Waals surface area contributed by atoms with E-state index in [9.17, 15) is 30.8 Å². The third-order valence-electron chi connectivity index (χ3n) is 4.88. The molecule has 0 aromatic heterocycles. The molecule has 0 spiro atoms. The lowest BCUT2D eigenvalue weighted by Crippen LogP contribution is -2.26. The van der Waals surface area contributed by atoms with Crippen molar-refractivity contribution in [1.82, 2.24) is 5.32 Å². The second-order valence-corrected chi connectivity index (χ2v) is 9.04. The lowest BCUT2D eigenvalue weighted by Gasteiger charge is -2.13. The molecule has 156 valence electrons. The van der Waals surface area contributed by atoms with E-state index in [-0.39, 0.29) is 16.9 Å². The second-order valence-electron chi connectivity index (χ2n) is 6.93. The van der Waals surface area contributed by atoms with Gasteiger partial charge in [0.25, 0.3) is 0 Å². The topological polar surface area (TPSA) is 63.2 Å². The third kappa shape index (κ3) is 5.14. The van der Waals surface area contributed by atoms with Crippen LogP contribution in [0.2, 0.25) is 0 Å². The Kier molecular flexibility index (Phi) is 5.97. The molecule has 3 rings (SSSR count). The summed E-state index contributed by atoms with van der Waals surface area (Å²) in [5.41, 5.74) is 0.644. The average Bonchev–Trinajstić information content (AvgIpc) is 3.12. The van der Waals surface area contributed by atoms with E-state index < -0.39 is 45.6 Å². The molecule has 0 aliphatic heterocycles. The monoisotopic (exact) mass is 429 g/mol. The Morgan fingerprint density at radius 2 is 1.76 bits per heavy atom. The standard InChI is InChI=1S/C20H19F4NO3S/c21-16-6-4-15(18(11-16)20(22,23)24)12-25-19(26)8-9-29(27,28)17-7-5-13-2-1-3-14(13)10-17/h4-7,10-11H,1-3,8-9,12H2,(H,25,26). The minimum atomic E-state index is -4.76. The quantitative estimate of drug-likeness (QED) is 0.711. The molecule has 4 nitrogen and oxygen atoms in total. The zero-order chi connectivity index (χ0) is 21.2. The summed E-state index contributed by atoms with van der Waals surface area (Å²) in [5, 5.41) is 2.27. The van der Waals surface area contributed by atoms with E-state index in [1.54, 1.807) is 12.1 Å². The van der Waals surface area contributed by atoms with Gasteiger partial charge in [-0.2, -0.15) is 13.2 Å². The summed E-state index contributed by atoms with van der Waals surface area (Å²) < 4.78 is 77.0. The Bertz CT molecular complexity index is 1030. The molecule has 0 radical (unpaired) electrons. The fourth-order valence-corrected chi connectivity index (χ4v) is 4.62. The van der Waals surface area contributed by atoms with Crippen molar-refractivity contribution in [3.8, 4) is 0 Å². The van der Waals surface area contributed by atoms with Gasteiger partial charge in [-0.3, -0.25) is 4.79 Å². The van der Waals surface area contributed by atoms with Crippen LogP contribution in [0.5, 0.6) is 0 Å². The Morgan fingerprint density at radius 1 is 1.03 bits per heavy atom. The number of alkyl halides is 3. The summed E-state index contributed by atoms with van der Waals surface area (Å²) in [6, 6.07) is 7.10. The minimum absolute atomic E-state index is 0.142. The molecule has 0 fully saturated rings. The lowest BCUT2D eigenvalue weighted by molar-refractivity contribution is -0.138. The van der Waals surface area contributed by atoms with Crippen LogP contribution in [-0.4, -0.2) is 20.1 Å². The van der Waals surface area contributed by atoms with Crippen LogP contribution >= 0.6 is 0 Å². The maximum atomic E-state index is 13.1. The van der Waals surface area contributed by atoms with Gasteiger partial charge in [0.2, 0.25) is 5.91 Å². The van der Waals surface area contributed by atoms with E-state index >= 15 is 0 Å². The van der Waals surface area contributed by atoms with E-state index in [0.29, 0.717) is 6.07 Å². The summed E-state index contributed by atoms with van der Waals surface area (Å²) in [7, 11) is -3.69. The van der Waals surface area contributed by atoms with Crippen molar-refractivity contribution in [1.29, 1.82) is 0 Å². The number of sulfone groups is 1. The number of halogens is 4. The molecule has 1 N–H and O–H groups in total. The number of hydrogen-bond acceptors (Lipinski definition) is 3. The number of carbonyl (C=O) groups is 1. The second kappa shape index (κ2) is 8.14. The van der Waals surface area contributed by atoms with Crippen molar-refractivity contribution in [3.05, 3.63) is 64.5 Å². The normalized spacial score (nSPS) is 13.9. The number of aryl methyl sites for hydroxylation is 2. The number of nitrogens with one attached hydrogen (secondary N) is 1. The highest BCUT2D eigenvalue weighted by atomic mass is 32.2. The first kappa shape index (κ1) is 21.3. The van der Waals surface area contributed by atoms with Crippen molar-refractivity contribution < 1.29 is 30.8 Å². The molecule has 0 unspecified atom stereocenters. The first-order valence-electron chi connectivity index (χ1n) is 9.03. The largest absolute Gasteiger partial charge is 0.416 e. The first-order chi connectivity index (χ1) is 13.6. The molecule has 29 heavy (non-hydrogen) atoms.